The maximum atomic E-state index is 13.8. The minimum Gasteiger partial charge on any atom is -0.465 e. The first-order valence-corrected chi connectivity index (χ1v) is 13.0. The molecule has 0 radical (unpaired) electrons. The zero-order chi connectivity index (χ0) is 27.7. The Hall–Kier alpha value is -3.12. The molecule has 1 unspecified atom stereocenters. The molecule has 0 saturated carbocycles. The molecule has 0 spiro atoms. The van der Waals surface area contributed by atoms with Crippen LogP contribution in [0.4, 0.5) is 4.79 Å². The molecule has 1 heterocycles. The van der Waals surface area contributed by atoms with Gasteiger partial charge in [0.2, 0.25) is 0 Å². The molecule has 6 heteroatoms. The van der Waals surface area contributed by atoms with Crippen LogP contribution in [0.5, 0.6) is 0 Å². The number of aromatic nitrogens is 1. The Morgan fingerprint density at radius 2 is 1.62 bits per heavy atom. The predicted molar refractivity (Wildman–Crippen MR) is 150 cm³/mol. The number of esters is 1. The van der Waals surface area contributed by atoms with Crippen molar-refractivity contribution >= 4 is 23.0 Å². The lowest BCUT2D eigenvalue weighted by Gasteiger charge is -2.23. The molecule has 1 aromatic heterocycles. The van der Waals surface area contributed by atoms with Gasteiger partial charge in [-0.2, -0.15) is 0 Å². The molecule has 0 aliphatic carbocycles. The van der Waals surface area contributed by atoms with E-state index in [1.54, 1.807) is 4.57 Å². The van der Waals surface area contributed by atoms with E-state index in [9.17, 15) is 9.59 Å². The average molecular weight is 507 g/mol. The molecule has 2 aromatic carbocycles. The summed E-state index contributed by atoms with van der Waals surface area (Å²) in [4.78, 5) is 26.6. The smallest absolute Gasteiger partial charge is 0.419 e. The Labute approximate surface area is 221 Å². The van der Waals surface area contributed by atoms with Gasteiger partial charge in [0.1, 0.15) is 5.60 Å². The highest BCUT2D eigenvalue weighted by atomic mass is 16.6. The van der Waals surface area contributed by atoms with Crippen LogP contribution in [0.1, 0.15) is 76.6 Å². The van der Waals surface area contributed by atoms with Crippen LogP contribution < -0.4 is 5.32 Å². The number of benzene rings is 2. The highest BCUT2D eigenvalue weighted by Crippen LogP contribution is 2.41. The number of likely N-dealkylation sites (N-methyl/N-ethyl adjacent to an activating group) is 1. The van der Waals surface area contributed by atoms with Crippen molar-refractivity contribution in [2.75, 3.05) is 20.2 Å². The van der Waals surface area contributed by atoms with Gasteiger partial charge in [0, 0.05) is 11.9 Å². The van der Waals surface area contributed by atoms with Gasteiger partial charge in [-0.1, -0.05) is 30.2 Å². The molecule has 3 aromatic rings. The van der Waals surface area contributed by atoms with Crippen molar-refractivity contribution in [2.45, 2.75) is 79.2 Å². The number of rotatable bonds is 7. The third-order valence-electron chi connectivity index (χ3n) is 6.59. The van der Waals surface area contributed by atoms with E-state index in [0.29, 0.717) is 6.61 Å². The summed E-state index contributed by atoms with van der Waals surface area (Å²) in [7, 11) is 1.93. The average Bonchev–Trinajstić information content (AvgIpc) is 3.12. The van der Waals surface area contributed by atoms with Crippen molar-refractivity contribution in [3.8, 4) is 11.3 Å². The van der Waals surface area contributed by atoms with Crippen molar-refractivity contribution in [1.82, 2.24) is 9.88 Å². The van der Waals surface area contributed by atoms with E-state index in [1.165, 1.54) is 0 Å². The number of fused-ring (bicyclic) bond motifs is 1. The number of nitrogens with zero attached hydrogens (tertiary/aromatic N) is 1. The molecule has 37 heavy (non-hydrogen) atoms. The van der Waals surface area contributed by atoms with Gasteiger partial charge in [-0.25, -0.2) is 9.36 Å². The minimum absolute atomic E-state index is 0.0768. The second-order valence-corrected chi connectivity index (χ2v) is 11.5. The summed E-state index contributed by atoms with van der Waals surface area (Å²) in [6.07, 6.45) is -0.424. The summed E-state index contributed by atoms with van der Waals surface area (Å²) >= 11 is 0. The van der Waals surface area contributed by atoms with Crippen LogP contribution in [0.25, 0.3) is 22.2 Å². The molecule has 200 valence electrons. The number of hydrogen-bond acceptors (Lipinski definition) is 5. The lowest BCUT2D eigenvalue weighted by molar-refractivity contribution is -0.148. The predicted octanol–water partition coefficient (Wildman–Crippen LogP) is 6.87. The maximum absolute atomic E-state index is 13.8. The fourth-order valence-electron chi connectivity index (χ4n) is 4.93. The summed E-state index contributed by atoms with van der Waals surface area (Å²) in [5.41, 5.74) is 5.15. The molecule has 6 nitrogen and oxygen atoms in total. The lowest BCUT2D eigenvalue weighted by Crippen LogP contribution is -2.31. The van der Waals surface area contributed by atoms with Crippen molar-refractivity contribution in [2.24, 2.45) is 0 Å². The summed E-state index contributed by atoms with van der Waals surface area (Å²) in [6.45, 7) is 18.5. The maximum Gasteiger partial charge on any atom is 0.419 e. The van der Waals surface area contributed by atoms with Crippen LogP contribution in [0.15, 0.2) is 36.4 Å². The Bertz CT molecular complexity index is 1290. The monoisotopic (exact) mass is 506 g/mol. The Morgan fingerprint density at radius 1 is 1.00 bits per heavy atom. The van der Waals surface area contributed by atoms with E-state index in [-0.39, 0.29) is 11.9 Å². The van der Waals surface area contributed by atoms with Gasteiger partial charge in [-0.3, -0.25) is 4.79 Å². The van der Waals surface area contributed by atoms with E-state index < -0.39 is 17.1 Å². The van der Waals surface area contributed by atoms with Gasteiger partial charge in [-0.15, -0.1) is 0 Å². The number of nitrogens with one attached hydrogen (secondary N) is 1. The van der Waals surface area contributed by atoms with Gasteiger partial charge in [0.15, 0.2) is 0 Å². The lowest BCUT2D eigenvalue weighted by atomic mass is 9.83. The minimum atomic E-state index is -0.845. The van der Waals surface area contributed by atoms with Gasteiger partial charge in [0.25, 0.3) is 0 Å². The fraction of sp³-hybridized carbons (Fsp3) is 0.484. The third-order valence-corrected chi connectivity index (χ3v) is 6.59. The summed E-state index contributed by atoms with van der Waals surface area (Å²) in [6, 6.07) is 12.2. The second-order valence-electron chi connectivity index (χ2n) is 11.5. The topological polar surface area (TPSA) is 69.6 Å². The van der Waals surface area contributed by atoms with E-state index in [2.05, 4.69) is 44.3 Å². The summed E-state index contributed by atoms with van der Waals surface area (Å²) < 4.78 is 13.0. The number of aryl methyl sites for hydroxylation is 2. The van der Waals surface area contributed by atoms with Crippen molar-refractivity contribution < 1.29 is 19.1 Å². The molecule has 1 atom stereocenters. The van der Waals surface area contributed by atoms with Crippen LogP contribution in [0.2, 0.25) is 0 Å². The molecule has 0 bridgehead atoms. The third kappa shape index (κ3) is 5.90. The van der Waals surface area contributed by atoms with Gasteiger partial charge in [0.05, 0.1) is 23.2 Å². The van der Waals surface area contributed by atoms with Gasteiger partial charge < -0.3 is 14.8 Å². The number of ether oxygens (including phenoxy) is 2. The van der Waals surface area contributed by atoms with E-state index >= 15 is 0 Å². The van der Waals surface area contributed by atoms with Crippen LogP contribution in [0, 0.1) is 13.8 Å². The van der Waals surface area contributed by atoms with E-state index in [4.69, 9.17) is 9.47 Å². The molecule has 1 N–H and O–H groups in total. The fourth-order valence-corrected chi connectivity index (χ4v) is 4.93. The highest BCUT2D eigenvalue weighted by Gasteiger charge is 2.34. The zero-order valence-corrected chi connectivity index (χ0v) is 24.0. The first-order valence-electron chi connectivity index (χ1n) is 13.0. The molecule has 0 saturated heterocycles. The standard InChI is InChI=1S/C31H42N2O4/c1-11-36-28(34)31(8,9)23-12-13-25-24(17-23)26(21(4)18-32-10)27(22-15-19(2)14-20(3)16-22)33(25)29(35)37-30(5,6)7/h12-17,21,32H,11,18H2,1-10H3. The molecular formula is C31H42N2O4. The molecule has 3 rings (SSSR count). The number of carbonyl (C=O) groups excluding carboxylic acids is 2. The molecular weight excluding hydrogens is 464 g/mol. The van der Waals surface area contributed by atoms with E-state index in [1.807, 2.05) is 66.8 Å². The normalized spacial score (nSPS) is 13.0. The van der Waals surface area contributed by atoms with Crippen LogP contribution in [0.3, 0.4) is 0 Å². The molecule has 0 aliphatic heterocycles. The second kappa shape index (κ2) is 10.7. The number of carbonyl (C=O) groups is 2. The van der Waals surface area contributed by atoms with Crippen molar-refractivity contribution in [1.29, 1.82) is 0 Å². The van der Waals surface area contributed by atoms with Gasteiger partial charge >= 0.3 is 12.1 Å². The SMILES string of the molecule is CCOC(=O)C(C)(C)c1ccc2c(c1)c(C(C)CNC)c(-c1cc(C)cc(C)c1)n2C(=O)OC(C)(C)C. The largest absolute Gasteiger partial charge is 0.465 e. The molecule has 0 fully saturated rings. The van der Waals surface area contributed by atoms with Crippen molar-refractivity contribution in [3.63, 3.8) is 0 Å². The first kappa shape index (κ1) is 28.5. The van der Waals surface area contributed by atoms with Crippen LogP contribution in [-0.4, -0.2) is 42.4 Å². The number of hydrogen-bond donors (Lipinski definition) is 1. The van der Waals surface area contributed by atoms with Gasteiger partial charge in [-0.05, 0) is 109 Å². The zero-order valence-electron chi connectivity index (χ0n) is 24.0. The van der Waals surface area contributed by atoms with E-state index in [0.717, 1.165) is 51.0 Å². The quantitative estimate of drug-likeness (QED) is 0.354. The Morgan fingerprint density at radius 3 is 2.16 bits per heavy atom. The Kier molecular flexibility index (Phi) is 8.23. The van der Waals surface area contributed by atoms with Crippen LogP contribution >= 0.6 is 0 Å². The van der Waals surface area contributed by atoms with Crippen LogP contribution in [-0.2, 0) is 19.7 Å². The molecule has 0 amide bonds. The highest BCUT2D eigenvalue weighted by molar-refractivity contribution is 6.01. The molecule has 0 aliphatic rings. The summed E-state index contributed by atoms with van der Waals surface area (Å²) in [5.74, 6) is -0.201. The summed E-state index contributed by atoms with van der Waals surface area (Å²) in [5, 5.41) is 4.22. The first-order chi connectivity index (χ1) is 17.2. The van der Waals surface area contributed by atoms with Crippen molar-refractivity contribution in [3.05, 3.63) is 58.7 Å². The Balaban J connectivity index is 2.45.